The van der Waals surface area contributed by atoms with Crippen molar-refractivity contribution in [2.75, 3.05) is 26.2 Å². The first kappa shape index (κ1) is 23.0. The molecule has 1 saturated heterocycles. The topological polar surface area (TPSA) is 66.0 Å². The van der Waals surface area contributed by atoms with Gasteiger partial charge in [0.25, 0.3) is 0 Å². The molecule has 0 aliphatic carbocycles. The lowest BCUT2D eigenvalue weighted by Crippen LogP contribution is -2.48. The zero-order valence-electron chi connectivity index (χ0n) is 15.4. The summed E-state index contributed by atoms with van der Waals surface area (Å²) in [5.74, 6) is 0.752. The Morgan fingerprint density at radius 2 is 2.08 bits per heavy atom. The molecule has 0 aromatic carbocycles. The lowest BCUT2D eigenvalue weighted by molar-refractivity contribution is 0.0110. The van der Waals surface area contributed by atoms with Gasteiger partial charge in [-0.05, 0) is 47.0 Å². The summed E-state index contributed by atoms with van der Waals surface area (Å²) < 4.78 is 5.52. The third kappa shape index (κ3) is 8.75. The number of carbonyl (C=O) groups excluding carboxylic acids is 1. The van der Waals surface area contributed by atoms with Crippen molar-refractivity contribution >= 4 is 36.0 Å². The van der Waals surface area contributed by atoms with Crippen LogP contribution in [0.5, 0.6) is 0 Å². The van der Waals surface area contributed by atoms with Crippen molar-refractivity contribution < 1.29 is 9.53 Å². The van der Waals surface area contributed by atoms with Crippen molar-refractivity contribution in [3.05, 3.63) is 12.7 Å². The number of nitrogens with zero attached hydrogens (tertiary/aromatic N) is 2. The molecule has 140 valence electrons. The van der Waals surface area contributed by atoms with Gasteiger partial charge in [0, 0.05) is 19.6 Å². The van der Waals surface area contributed by atoms with Crippen LogP contribution in [0.4, 0.5) is 4.79 Å². The molecular formula is C17H33IN4O2. The van der Waals surface area contributed by atoms with Gasteiger partial charge in [0.2, 0.25) is 0 Å². The maximum Gasteiger partial charge on any atom is 0.410 e. The molecule has 1 fully saturated rings. The molecule has 0 radical (unpaired) electrons. The Morgan fingerprint density at radius 1 is 1.38 bits per heavy atom. The number of halogens is 1. The standard InChI is InChI=1S/C17H32N4O2.HI/c1-6-11-19-15(18-7-2)20-13-14-10-8-9-12-21(14)16(22)23-17(3,4)5;/h6,14H,1,7-13H2,2-5H3,(H2,18,19,20);1H. The maximum absolute atomic E-state index is 12.4. The summed E-state index contributed by atoms with van der Waals surface area (Å²) in [6.45, 7) is 14.2. The van der Waals surface area contributed by atoms with E-state index >= 15 is 0 Å². The molecule has 6 nitrogen and oxygen atoms in total. The molecule has 24 heavy (non-hydrogen) atoms. The minimum absolute atomic E-state index is 0. The summed E-state index contributed by atoms with van der Waals surface area (Å²) in [4.78, 5) is 18.8. The van der Waals surface area contributed by atoms with Crippen molar-refractivity contribution in [3.63, 3.8) is 0 Å². The number of hydrogen-bond acceptors (Lipinski definition) is 3. The Hall–Kier alpha value is -0.990. The van der Waals surface area contributed by atoms with E-state index in [2.05, 4.69) is 22.2 Å². The second kappa shape index (κ2) is 11.5. The number of rotatable bonds is 5. The SMILES string of the molecule is C=CCNC(=NCC1CCCCN1C(=O)OC(C)(C)C)NCC.I. The van der Waals surface area contributed by atoms with Gasteiger partial charge in [-0.15, -0.1) is 30.6 Å². The fourth-order valence-electron chi connectivity index (χ4n) is 2.46. The van der Waals surface area contributed by atoms with Gasteiger partial charge in [0.15, 0.2) is 5.96 Å². The molecule has 2 N–H and O–H groups in total. The van der Waals surface area contributed by atoms with Gasteiger partial charge < -0.3 is 20.3 Å². The van der Waals surface area contributed by atoms with Crippen LogP contribution >= 0.6 is 24.0 Å². The number of piperidine rings is 1. The van der Waals surface area contributed by atoms with Crippen molar-refractivity contribution in [1.82, 2.24) is 15.5 Å². The number of guanidine groups is 1. The first-order valence-electron chi connectivity index (χ1n) is 8.50. The van der Waals surface area contributed by atoms with Crippen LogP contribution < -0.4 is 10.6 Å². The van der Waals surface area contributed by atoms with Crippen LogP contribution in [0, 0.1) is 0 Å². The second-order valence-electron chi connectivity index (χ2n) is 6.71. The van der Waals surface area contributed by atoms with Gasteiger partial charge in [0.05, 0.1) is 12.6 Å². The van der Waals surface area contributed by atoms with E-state index in [1.807, 2.05) is 32.6 Å². The normalized spacial score (nSPS) is 18.4. The highest BCUT2D eigenvalue weighted by molar-refractivity contribution is 14.0. The van der Waals surface area contributed by atoms with Crippen LogP contribution in [0.2, 0.25) is 0 Å². The minimum Gasteiger partial charge on any atom is -0.444 e. The number of likely N-dealkylation sites (tertiary alicyclic amines) is 1. The molecule has 1 atom stereocenters. The molecule has 0 saturated carbocycles. The molecule has 1 unspecified atom stereocenters. The van der Waals surface area contributed by atoms with Crippen LogP contribution in [0.25, 0.3) is 0 Å². The molecule has 1 amide bonds. The zero-order chi connectivity index (χ0) is 17.3. The smallest absolute Gasteiger partial charge is 0.410 e. The monoisotopic (exact) mass is 452 g/mol. The van der Waals surface area contributed by atoms with Gasteiger partial charge >= 0.3 is 6.09 Å². The summed E-state index contributed by atoms with van der Waals surface area (Å²) in [6.07, 6.45) is 4.66. The van der Waals surface area contributed by atoms with Crippen LogP contribution in [0.1, 0.15) is 47.0 Å². The van der Waals surface area contributed by atoms with Gasteiger partial charge in [-0.25, -0.2) is 4.79 Å². The lowest BCUT2D eigenvalue weighted by atomic mass is 10.0. The summed E-state index contributed by atoms with van der Waals surface area (Å²) in [5, 5.41) is 6.37. The second-order valence-corrected chi connectivity index (χ2v) is 6.71. The van der Waals surface area contributed by atoms with Crippen molar-refractivity contribution in [3.8, 4) is 0 Å². The van der Waals surface area contributed by atoms with Crippen LogP contribution in [0.15, 0.2) is 17.6 Å². The highest BCUT2D eigenvalue weighted by atomic mass is 127. The first-order valence-corrected chi connectivity index (χ1v) is 8.50. The fraction of sp³-hybridized carbons (Fsp3) is 0.765. The number of carbonyl (C=O) groups is 1. The fourth-order valence-corrected chi connectivity index (χ4v) is 2.46. The minimum atomic E-state index is -0.469. The molecule has 1 heterocycles. The molecule has 0 aromatic heterocycles. The van der Waals surface area contributed by atoms with Crippen molar-refractivity contribution in [2.24, 2.45) is 4.99 Å². The Bertz CT molecular complexity index is 421. The quantitative estimate of drug-likeness (QED) is 0.291. The summed E-state index contributed by atoms with van der Waals surface area (Å²) >= 11 is 0. The highest BCUT2D eigenvalue weighted by Gasteiger charge is 2.30. The Balaban J connectivity index is 0.00000529. The largest absolute Gasteiger partial charge is 0.444 e. The van der Waals surface area contributed by atoms with Gasteiger partial charge in [0.1, 0.15) is 5.60 Å². The van der Waals surface area contributed by atoms with Crippen LogP contribution in [0.3, 0.4) is 0 Å². The molecular weight excluding hydrogens is 419 g/mol. The predicted octanol–water partition coefficient (Wildman–Crippen LogP) is 3.14. The van der Waals surface area contributed by atoms with E-state index in [-0.39, 0.29) is 36.1 Å². The summed E-state index contributed by atoms with van der Waals surface area (Å²) in [5.41, 5.74) is -0.469. The van der Waals surface area contributed by atoms with Crippen molar-refractivity contribution in [1.29, 1.82) is 0 Å². The van der Waals surface area contributed by atoms with Gasteiger partial charge in [-0.2, -0.15) is 0 Å². The van der Waals surface area contributed by atoms with Crippen LogP contribution in [-0.4, -0.2) is 54.8 Å². The molecule has 1 aliphatic heterocycles. The predicted molar refractivity (Wildman–Crippen MR) is 110 cm³/mol. The van der Waals surface area contributed by atoms with Gasteiger partial charge in [-0.1, -0.05) is 6.08 Å². The number of aliphatic imine (C=N–C) groups is 1. The van der Waals surface area contributed by atoms with Gasteiger partial charge in [-0.3, -0.25) is 4.99 Å². The Kier molecular flexibility index (Phi) is 11.1. The highest BCUT2D eigenvalue weighted by Crippen LogP contribution is 2.20. The van der Waals surface area contributed by atoms with E-state index in [0.717, 1.165) is 38.3 Å². The molecule has 1 rings (SSSR count). The molecule has 0 spiro atoms. The van der Waals surface area contributed by atoms with Crippen molar-refractivity contribution in [2.45, 2.75) is 58.6 Å². The number of nitrogens with one attached hydrogen (secondary N) is 2. The van der Waals surface area contributed by atoms with E-state index < -0.39 is 5.60 Å². The van der Waals surface area contributed by atoms with E-state index in [1.54, 1.807) is 6.08 Å². The number of amides is 1. The third-order valence-corrected chi connectivity index (χ3v) is 3.47. The average Bonchev–Trinajstić information content (AvgIpc) is 2.48. The Morgan fingerprint density at radius 3 is 2.67 bits per heavy atom. The molecule has 1 aliphatic rings. The van der Waals surface area contributed by atoms with Crippen LogP contribution in [-0.2, 0) is 4.74 Å². The maximum atomic E-state index is 12.4. The zero-order valence-corrected chi connectivity index (χ0v) is 17.8. The van der Waals surface area contributed by atoms with E-state index in [9.17, 15) is 4.79 Å². The Labute approximate surface area is 163 Å². The number of ether oxygens (including phenoxy) is 1. The summed E-state index contributed by atoms with van der Waals surface area (Å²) in [6, 6.07) is 0.0952. The van der Waals surface area contributed by atoms with E-state index in [0.29, 0.717) is 13.1 Å². The first-order chi connectivity index (χ1) is 10.9. The third-order valence-electron chi connectivity index (χ3n) is 3.47. The van der Waals surface area contributed by atoms with E-state index in [4.69, 9.17) is 4.74 Å². The number of hydrogen-bond donors (Lipinski definition) is 2. The lowest BCUT2D eigenvalue weighted by Gasteiger charge is -2.36. The molecule has 0 aromatic rings. The average molecular weight is 452 g/mol. The summed E-state index contributed by atoms with van der Waals surface area (Å²) in [7, 11) is 0. The molecule has 0 bridgehead atoms. The molecule has 7 heteroatoms. The van der Waals surface area contributed by atoms with E-state index in [1.165, 1.54) is 0 Å².